The normalized spacial score (nSPS) is 53.7. The molecular weight excluding hydrogens is 177 g/mol. The van der Waals surface area contributed by atoms with Crippen molar-refractivity contribution in [3.63, 3.8) is 0 Å². The first-order chi connectivity index (χ1) is 5.61. The minimum absolute atomic E-state index is 0.0354. The topological polar surface area (TPSA) is 72.5 Å². The van der Waals surface area contributed by atoms with Crippen LogP contribution in [-0.4, -0.2) is 23.2 Å². The van der Waals surface area contributed by atoms with Crippen LogP contribution in [-0.2, 0) is 9.09 Å². The Bertz CT molecular complexity index is 233. The molecule has 0 radical (unpaired) electrons. The average molecular weight is 191 g/mol. The smallest absolute Gasteiger partial charge is 0.325 e. The standard InChI is InChI=1S/C7H14NO3P/c8-6-4-11-12(9,10)7-3-1-2-5(6)7/h5-7H,1-4,8H2,(H,9,10). The minimum atomic E-state index is -3.31. The van der Waals surface area contributed by atoms with E-state index in [0.717, 1.165) is 19.3 Å². The fraction of sp³-hybridized carbons (Fsp3) is 1.00. The van der Waals surface area contributed by atoms with Gasteiger partial charge in [0.1, 0.15) is 0 Å². The third-order valence-electron chi connectivity index (χ3n) is 2.95. The predicted molar refractivity (Wildman–Crippen MR) is 44.9 cm³/mol. The van der Waals surface area contributed by atoms with E-state index in [1.54, 1.807) is 0 Å². The highest BCUT2D eigenvalue weighted by molar-refractivity contribution is 7.53. The summed E-state index contributed by atoms with van der Waals surface area (Å²) in [6.45, 7) is 0.245. The fourth-order valence-corrected chi connectivity index (χ4v) is 4.23. The van der Waals surface area contributed by atoms with Crippen LogP contribution in [0, 0.1) is 5.92 Å². The molecule has 4 nitrogen and oxygen atoms in total. The average Bonchev–Trinajstić information content (AvgIpc) is 2.46. The molecule has 2 rings (SSSR count). The van der Waals surface area contributed by atoms with Crippen molar-refractivity contribution in [2.45, 2.75) is 31.0 Å². The quantitative estimate of drug-likeness (QED) is 0.553. The van der Waals surface area contributed by atoms with Gasteiger partial charge in [-0.2, -0.15) is 0 Å². The van der Waals surface area contributed by atoms with Gasteiger partial charge < -0.3 is 15.2 Å². The molecule has 1 heterocycles. The molecule has 1 aliphatic heterocycles. The lowest BCUT2D eigenvalue weighted by Crippen LogP contribution is -2.42. The van der Waals surface area contributed by atoms with E-state index in [0.29, 0.717) is 0 Å². The van der Waals surface area contributed by atoms with E-state index in [1.165, 1.54) is 0 Å². The molecule has 70 valence electrons. The molecule has 0 bridgehead atoms. The van der Waals surface area contributed by atoms with Crippen LogP contribution >= 0.6 is 7.60 Å². The Morgan fingerprint density at radius 2 is 2.25 bits per heavy atom. The maximum atomic E-state index is 11.5. The molecule has 4 atom stereocenters. The molecule has 0 amide bonds. The van der Waals surface area contributed by atoms with Crippen LogP contribution in [0.5, 0.6) is 0 Å². The molecule has 0 aromatic carbocycles. The largest absolute Gasteiger partial charge is 0.331 e. The zero-order chi connectivity index (χ0) is 8.77. The van der Waals surface area contributed by atoms with Gasteiger partial charge in [0.05, 0.1) is 12.3 Å². The van der Waals surface area contributed by atoms with Gasteiger partial charge in [-0.3, -0.25) is 4.57 Å². The molecule has 4 unspecified atom stereocenters. The third kappa shape index (κ3) is 1.23. The van der Waals surface area contributed by atoms with Gasteiger partial charge in [-0.25, -0.2) is 0 Å². The lowest BCUT2D eigenvalue weighted by molar-refractivity contribution is 0.172. The van der Waals surface area contributed by atoms with Gasteiger partial charge in [0.2, 0.25) is 0 Å². The summed E-state index contributed by atoms with van der Waals surface area (Å²) in [6, 6.07) is -0.0354. The molecule has 1 saturated carbocycles. The van der Waals surface area contributed by atoms with Crippen LogP contribution in [0.15, 0.2) is 0 Å². The molecule has 0 aromatic heterocycles. The number of hydrogen-bond donors (Lipinski definition) is 2. The lowest BCUT2D eigenvalue weighted by atomic mass is 9.99. The van der Waals surface area contributed by atoms with E-state index in [4.69, 9.17) is 10.3 Å². The van der Waals surface area contributed by atoms with Crippen molar-refractivity contribution in [2.24, 2.45) is 11.7 Å². The van der Waals surface area contributed by atoms with Gasteiger partial charge in [-0.1, -0.05) is 6.42 Å². The minimum Gasteiger partial charge on any atom is -0.325 e. The fourth-order valence-electron chi connectivity index (χ4n) is 2.29. The third-order valence-corrected chi connectivity index (χ3v) is 4.95. The van der Waals surface area contributed by atoms with Gasteiger partial charge in [-0.15, -0.1) is 0 Å². The van der Waals surface area contributed by atoms with Crippen LogP contribution in [0.3, 0.4) is 0 Å². The SMILES string of the molecule is NC1COP(=O)(O)C2CCCC12. The summed E-state index contributed by atoms with van der Waals surface area (Å²) in [7, 11) is -3.31. The van der Waals surface area contributed by atoms with Gasteiger partial charge in [0, 0.05) is 6.04 Å². The molecule has 1 saturated heterocycles. The van der Waals surface area contributed by atoms with E-state index < -0.39 is 7.60 Å². The molecule has 0 aromatic rings. The highest BCUT2D eigenvalue weighted by Crippen LogP contribution is 2.59. The Morgan fingerprint density at radius 1 is 1.50 bits per heavy atom. The lowest BCUT2D eigenvalue weighted by Gasteiger charge is -2.34. The van der Waals surface area contributed by atoms with Crippen LogP contribution in [0.2, 0.25) is 0 Å². The van der Waals surface area contributed by atoms with Crippen molar-refractivity contribution >= 4 is 7.60 Å². The van der Waals surface area contributed by atoms with Crippen molar-refractivity contribution in [1.29, 1.82) is 0 Å². The van der Waals surface area contributed by atoms with Gasteiger partial charge >= 0.3 is 7.60 Å². The van der Waals surface area contributed by atoms with E-state index in [9.17, 15) is 9.46 Å². The molecule has 3 N–H and O–H groups in total. The number of rotatable bonds is 0. The van der Waals surface area contributed by atoms with Crippen molar-refractivity contribution < 1.29 is 14.0 Å². The van der Waals surface area contributed by atoms with Crippen LogP contribution < -0.4 is 5.73 Å². The molecule has 2 aliphatic rings. The second kappa shape index (κ2) is 2.81. The van der Waals surface area contributed by atoms with Crippen molar-refractivity contribution in [2.75, 3.05) is 6.61 Å². The predicted octanol–water partition coefficient (Wildman–Crippen LogP) is 0.698. The maximum Gasteiger partial charge on any atom is 0.331 e. The Hall–Kier alpha value is 0.110. The van der Waals surface area contributed by atoms with E-state index in [1.807, 2.05) is 0 Å². The first kappa shape index (κ1) is 8.70. The Labute approximate surface area is 71.6 Å². The number of hydrogen-bond acceptors (Lipinski definition) is 3. The summed E-state index contributed by atoms with van der Waals surface area (Å²) in [5, 5.41) is 0. The molecule has 2 fully saturated rings. The monoisotopic (exact) mass is 191 g/mol. The molecule has 1 aliphatic carbocycles. The molecule has 5 heteroatoms. The van der Waals surface area contributed by atoms with E-state index >= 15 is 0 Å². The van der Waals surface area contributed by atoms with Crippen molar-refractivity contribution in [1.82, 2.24) is 0 Å². The summed E-state index contributed by atoms with van der Waals surface area (Å²) in [5.74, 6) is 0.217. The molecule has 12 heavy (non-hydrogen) atoms. The zero-order valence-corrected chi connectivity index (χ0v) is 7.74. The second-order valence-corrected chi connectivity index (χ2v) is 5.74. The Kier molecular flexibility index (Phi) is 2.04. The molecule has 0 spiro atoms. The van der Waals surface area contributed by atoms with Gasteiger partial charge in [0.15, 0.2) is 0 Å². The highest BCUT2D eigenvalue weighted by atomic mass is 31.2. The molecular formula is C7H14NO3P. The highest BCUT2D eigenvalue weighted by Gasteiger charge is 2.48. The van der Waals surface area contributed by atoms with Crippen molar-refractivity contribution in [3.05, 3.63) is 0 Å². The zero-order valence-electron chi connectivity index (χ0n) is 6.85. The summed E-state index contributed by atoms with van der Waals surface area (Å²) < 4.78 is 16.3. The van der Waals surface area contributed by atoms with Gasteiger partial charge in [0.25, 0.3) is 0 Å². The number of nitrogens with two attached hydrogens (primary N) is 1. The van der Waals surface area contributed by atoms with Crippen molar-refractivity contribution in [3.8, 4) is 0 Å². The Morgan fingerprint density at radius 3 is 2.92 bits per heavy atom. The van der Waals surface area contributed by atoms with E-state index in [2.05, 4.69) is 0 Å². The van der Waals surface area contributed by atoms with Crippen LogP contribution in [0.1, 0.15) is 19.3 Å². The van der Waals surface area contributed by atoms with Crippen LogP contribution in [0.25, 0.3) is 0 Å². The maximum absolute atomic E-state index is 11.5. The van der Waals surface area contributed by atoms with Gasteiger partial charge in [-0.05, 0) is 18.8 Å². The Balaban J connectivity index is 2.22. The van der Waals surface area contributed by atoms with E-state index in [-0.39, 0.29) is 24.2 Å². The van der Waals surface area contributed by atoms with Crippen LogP contribution in [0.4, 0.5) is 0 Å². The summed E-state index contributed by atoms with van der Waals surface area (Å²) in [6.07, 6.45) is 2.79. The first-order valence-electron chi connectivity index (χ1n) is 4.34. The first-order valence-corrected chi connectivity index (χ1v) is 5.98. The number of fused-ring (bicyclic) bond motifs is 1. The summed E-state index contributed by atoms with van der Waals surface area (Å²) in [5.41, 5.74) is 5.60. The second-order valence-electron chi connectivity index (χ2n) is 3.69. The summed E-state index contributed by atoms with van der Waals surface area (Å²) in [4.78, 5) is 9.44. The summed E-state index contributed by atoms with van der Waals surface area (Å²) >= 11 is 0.